The topological polar surface area (TPSA) is 18.1 Å². The molecule has 0 unspecified atom stereocenters. The summed E-state index contributed by atoms with van der Waals surface area (Å²) >= 11 is 0. The van der Waals surface area contributed by atoms with Crippen LogP contribution in [0.4, 0.5) is 0 Å². The number of aromatic nitrogens is 1. The molecular formula is C31H21NO. The Morgan fingerprint density at radius 3 is 2.06 bits per heavy atom. The van der Waals surface area contributed by atoms with Crippen LogP contribution in [0.1, 0.15) is 0 Å². The molecule has 7 aromatic rings. The van der Waals surface area contributed by atoms with Gasteiger partial charge >= 0.3 is 0 Å². The van der Waals surface area contributed by atoms with Gasteiger partial charge in [0.2, 0.25) is 0 Å². The fourth-order valence-corrected chi connectivity index (χ4v) is 5.16. The number of rotatable bonds is 2. The van der Waals surface area contributed by atoms with Crippen LogP contribution in [0.5, 0.6) is 0 Å². The molecule has 2 aromatic heterocycles. The number of aryl methyl sites for hydroxylation is 1. The van der Waals surface area contributed by atoms with Crippen LogP contribution < -0.4 is 0 Å². The van der Waals surface area contributed by atoms with Gasteiger partial charge < -0.3 is 8.98 Å². The summed E-state index contributed by atoms with van der Waals surface area (Å²) in [6.07, 6.45) is 0. The molecule has 7 rings (SSSR count). The van der Waals surface area contributed by atoms with Crippen LogP contribution in [0.15, 0.2) is 114 Å². The largest absolute Gasteiger partial charge is 0.455 e. The molecule has 0 aliphatic rings. The third kappa shape index (κ3) is 2.68. The molecule has 0 bridgehead atoms. The summed E-state index contributed by atoms with van der Waals surface area (Å²) in [6.45, 7) is 0. The van der Waals surface area contributed by atoms with E-state index in [0.717, 1.165) is 33.1 Å². The van der Waals surface area contributed by atoms with Gasteiger partial charge in [0.1, 0.15) is 11.2 Å². The average molecular weight is 424 g/mol. The quantitative estimate of drug-likeness (QED) is 0.272. The van der Waals surface area contributed by atoms with Gasteiger partial charge in [-0.25, -0.2) is 0 Å². The van der Waals surface area contributed by atoms with Gasteiger partial charge in [0.15, 0.2) is 0 Å². The Morgan fingerprint density at radius 1 is 0.515 bits per heavy atom. The molecule has 0 N–H and O–H groups in total. The molecule has 0 atom stereocenters. The molecule has 156 valence electrons. The van der Waals surface area contributed by atoms with Crippen LogP contribution in [-0.4, -0.2) is 4.57 Å². The number of nitrogens with zero attached hydrogens (tertiary/aromatic N) is 1. The highest BCUT2D eigenvalue weighted by Crippen LogP contribution is 2.37. The molecule has 0 saturated heterocycles. The summed E-state index contributed by atoms with van der Waals surface area (Å²) in [6, 6.07) is 38.8. The minimum Gasteiger partial charge on any atom is -0.455 e. The molecule has 33 heavy (non-hydrogen) atoms. The maximum atomic E-state index is 6.24. The molecule has 0 saturated carbocycles. The van der Waals surface area contributed by atoms with E-state index in [1.807, 2.05) is 12.1 Å². The normalized spacial score (nSPS) is 11.8. The number of benzene rings is 5. The molecule has 2 heterocycles. The summed E-state index contributed by atoms with van der Waals surface area (Å²) in [4.78, 5) is 0. The molecule has 0 fully saturated rings. The van der Waals surface area contributed by atoms with Crippen LogP contribution in [0.2, 0.25) is 0 Å². The second-order valence-electron chi connectivity index (χ2n) is 8.67. The van der Waals surface area contributed by atoms with E-state index in [0.29, 0.717) is 0 Å². The highest BCUT2D eigenvalue weighted by atomic mass is 16.3. The number of fused-ring (bicyclic) bond motifs is 6. The number of furan rings is 1. The van der Waals surface area contributed by atoms with Crippen molar-refractivity contribution in [1.29, 1.82) is 0 Å². The Balaban J connectivity index is 1.34. The maximum Gasteiger partial charge on any atom is 0.143 e. The van der Waals surface area contributed by atoms with Gasteiger partial charge in [-0.05, 0) is 41.0 Å². The van der Waals surface area contributed by atoms with Gasteiger partial charge in [0.25, 0.3) is 0 Å². The fourth-order valence-electron chi connectivity index (χ4n) is 5.16. The van der Waals surface area contributed by atoms with Gasteiger partial charge in [0.05, 0.1) is 0 Å². The zero-order valence-electron chi connectivity index (χ0n) is 18.2. The van der Waals surface area contributed by atoms with E-state index in [-0.39, 0.29) is 0 Å². The summed E-state index contributed by atoms with van der Waals surface area (Å²) < 4.78 is 8.51. The average Bonchev–Trinajstić information content (AvgIpc) is 3.40. The lowest BCUT2D eigenvalue weighted by Gasteiger charge is -2.07. The molecule has 2 heteroatoms. The second-order valence-corrected chi connectivity index (χ2v) is 8.67. The smallest absolute Gasteiger partial charge is 0.143 e. The first-order chi connectivity index (χ1) is 16.3. The SMILES string of the molecule is Cn1c2ccccc2c2cc(-c3ccc(-c4cccc5c4oc4ccccc45)cc3)ccc21. The lowest BCUT2D eigenvalue weighted by Crippen LogP contribution is -1.86. The van der Waals surface area contributed by atoms with Crippen molar-refractivity contribution in [2.75, 3.05) is 0 Å². The standard InChI is InChI=1S/C31H21NO/c1-32-28-11-4-2-7-24(28)27-19-22(17-18-29(27)32)20-13-15-21(16-14-20)23-9-6-10-26-25-8-3-5-12-30(25)33-31(23)26/h2-19H,1H3. The lowest BCUT2D eigenvalue weighted by molar-refractivity contribution is 0.670. The van der Waals surface area contributed by atoms with E-state index in [9.17, 15) is 0 Å². The van der Waals surface area contributed by atoms with Gasteiger partial charge in [0, 0.05) is 45.2 Å². The van der Waals surface area contributed by atoms with Gasteiger partial charge in [-0.15, -0.1) is 0 Å². The first-order valence-electron chi connectivity index (χ1n) is 11.3. The minimum absolute atomic E-state index is 0.931. The number of hydrogen-bond donors (Lipinski definition) is 0. The second kappa shape index (κ2) is 6.85. The Kier molecular flexibility index (Phi) is 3.80. The molecule has 0 aliphatic heterocycles. The third-order valence-electron chi connectivity index (χ3n) is 6.85. The molecule has 2 nitrogen and oxygen atoms in total. The van der Waals surface area contributed by atoms with Crippen LogP contribution in [0.3, 0.4) is 0 Å². The van der Waals surface area contributed by atoms with Crippen molar-refractivity contribution in [3.8, 4) is 22.3 Å². The van der Waals surface area contributed by atoms with Crippen molar-refractivity contribution in [2.24, 2.45) is 7.05 Å². The van der Waals surface area contributed by atoms with E-state index >= 15 is 0 Å². The van der Waals surface area contributed by atoms with Gasteiger partial charge in [-0.1, -0.05) is 84.9 Å². The van der Waals surface area contributed by atoms with Crippen LogP contribution in [-0.2, 0) is 7.05 Å². The Morgan fingerprint density at radius 2 is 1.18 bits per heavy atom. The van der Waals surface area contributed by atoms with E-state index in [2.05, 4.69) is 109 Å². The van der Waals surface area contributed by atoms with E-state index in [1.165, 1.54) is 32.9 Å². The Labute approximate surface area is 191 Å². The van der Waals surface area contributed by atoms with Crippen molar-refractivity contribution in [2.45, 2.75) is 0 Å². The van der Waals surface area contributed by atoms with Crippen molar-refractivity contribution >= 4 is 43.7 Å². The van der Waals surface area contributed by atoms with Crippen molar-refractivity contribution in [1.82, 2.24) is 4.57 Å². The maximum absolute atomic E-state index is 6.24. The fraction of sp³-hybridized carbons (Fsp3) is 0.0323. The first kappa shape index (κ1) is 18.3. The summed E-state index contributed by atoms with van der Waals surface area (Å²) in [7, 11) is 2.14. The number of hydrogen-bond acceptors (Lipinski definition) is 1. The zero-order chi connectivity index (χ0) is 21.9. The Bertz CT molecular complexity index is 1820. The highest BCUT2D eigenvalue weighted by molar-refractivity contribution is 6.10. The van der Waals surface area contributed by atoms with Gasteiger partial charge in [-0.3, -0.25) is 0 Å². The third-order valence-corrected chi connectivity index (χ3v) is 6.85. The van der Waals surface area contributed by atoms with E-state index < -0.39 is 0 Å². The molecule has 0 spiro atoms. The predicted molar refractivity (Wildman–Crippen MR) is 139 cm³/mol. The molecule has 5 aromatic carbocycles. The molecule has 0 radical (unpaired) electrons. The van der Waals surface area contributed by atoms with Crippen LogP contribution in [0, 0.1) is 0 Å². The first-order valence-corrected chi connectivity index (χ1v) is 11.3. The molecule has 0 aliphatic carbocycles. The monoisotopic (exact) mass is 423 g/mol. The minimum atomic E-state index is 0.931. The van der Waals surface area contributed by atoms with Crippen molar-refractivity contribution in [3.63, 3.8) is 0 Å². The molecule has 0 amide bonds. The highest BCUT2D eigenvalue weighted by Gasteiger charge is 2.12. The zero-order valence-corrected chi connectivity index (χ0v) is 18.2. The summed E-state index contributed by atoms with van der Waals surface area (Å²) in [5.41, 5.74) is 9.13. The van der Waals surface area contributed by atoms with Crippen molar-refractivity contribution < 1.29 is 4.42 Å². The van der Waals surface area contributed by atoms with Crippen molar-refractivity contribution in [3.05, 3.63) is 109 Å². The summed E-state index contributed by atoms with van der Waals surface area (Å²) in [5, 5.41) is 4.91. The predicted octanol–water partition coefficient (Wildman–Crippen LogP) is 8.56. The lowest BCUT2D eigenvalue weighted by atomic mass is 9.98. The van der Waals surface area contributed by atoms with E-state index in [4.69, 9.17) is 4.42 Å². The Hall–Kier alpha value is -4.30. The van der Waals surface area contributed by atoms with E-state index in [1.54, 1.807) is 0 Å². The number of para-hydroxylation sites is 3. The summed E-state index contributed by atoms with van der Waals surface area (Å²) in [5.74, 6) is 0. The van der Waals surface area contributed by atoms with Crippen LogP contribution >= 0.6 is 0 Å². The molecular weight excluding hydrogens is 402 g/mol. The van der Waals surface area contributed by atoms with Crippen LogP contribution in [0.25, 0.3) is 66.0 Å². The van der Waals surface area contributed by atoms with Gasteiger partial charge in [-0.2, -0.15) is 0 Å².